The molecule has 1 aromatic rings. The Morgan fingerprint density at radius 1 is 0.902 bits per heavy atom. The number of nitrogens with one attached hydrogen (secondary N) is 1. The molecule has 1 heterocycles. The molecule has 0 saturated heterocycles. The van der Waals surface area contributed by atoms with E-state index in [2.05, 4.69) is 23.7 Å². The van der Waals surface area contributed by atoms with Crippen LogP contribution in [0.4, 0.5) is 4.39 Å². The molecule has 3 saturated carbocycles. The summed E-state index contributed by atoms with van der Waals surface area (Å²) in [5.41, 5.74) is 4.17. The second-order valence-electron chi connectivity index (χ2n) is 13.4. The van der Waals surface area contributed by atoms with Gasteiger partial charge in [0.15, 0.2) is 0 Å². The first-order valence-corrected chi connectivity index (χ1v) is 16.4. The van der Waals surface area contributed by atoms with E-state index in [9.17, 15) is 29.3 Å². The third-order valence-corrected chi connectivity index (χ3v) is 9.79. The van der Waals surface area contributed by atoms with Gasteiger partial charge in [0.25, 0.3) is 5.91 Å². The largest absolute Gasteiger partial charge is 0.550 e. The van der Waals surface area contributed by atoms with E-state index < -0.39 is 30.8 Å². The molecule has 3 N–H and O–H groups in total. The number of aliphatic hydroxyl groups is 2. The minimum atomic E-state index is -1.34. The first-order chi connectivity index (χ1) is 19.7. The van der Waals surface area contributed by atoms with Gasteiger partial charge in [-0.05, 0) is 87.5 Å². The molecule has 0 radical (unpaired) electrons. The van der Waals surface area contributed by atoms with E-state index in [1.54, 1.807) is 0 Å². The first kappa shape index (κ1) is 32.0. The molecule has 0 unspecified atom stereocenters. The van der Waals surface area contributed by atoms with Crippen molar-refractivity contribution < 1.29 is 29.3 Å². The highest BCUT2D eigenvalue weighted by molar-refractivity contribution is 5.98. The summed E-state index contributed by atoms with van der Waals surface area (Å²) < 4.78 is 16.6. The van der Waals surface area contributed by atoms with Crippen LogP contribution in [0.25, 0.3) is 0 Å². The second-order valence-corrected chi connectivity index (χ2v) is 13.4. The SMILES string of the molecule is CC(C)c1c(C(=O)NC2CCCCC2)c(C2CCCCC2)c(C2CCC(F)CC2)n1CC[C@@H](O)C[C@@H](O)CC(=O)[O-]. The van der Waals surface area contributed by atoms with Crippen LogP contribution in [-0.4, -0.2) is 51.1 Å². The maximum Gasteiger partial charge on any atom is 0.253 e. The predicted octanol–water partition coefficient (Wildman–Crippen LogP) is 5.36. The van der Waals surface area contributed by atoms with E-state index in [1.165, 1.54) is 24.1 Å². The van der Waals surface area contributed by atoms with E-state index in [0.29, 0.717) is 31.7 Å². The van der Waals surface area contributed by atoms with Crippen molar-refractivity contribution in [3.8, 4) is 0 Å². The van der Waals surface area contributed by atoms with Crippen LogP contribution in [0.3, 0.4) is 0 Å². The second kappa shape index (κ2) is 15.0. The third kappa shape index (κ3) is 8.34. The molecule has 0 spiro atoms. The molecule has 3 aliphatic rings. The molecular weight excluding hydrogens is 523 g/mol. The molecule has 0 aliphatic heterocycles. The van der Waals surface area contributed by atoms with Crippen molar-refractivity contribution in [3.05, 3.63) is 22.5 Å². The highest BCUT2D eigenvalue weighted by Crippen LogP contribution is 2.47. The average molecular weight is 576 g/mol. The van der Waals surface area contributed by atoms with Crippen LogP contribution < -0.4 is 10.4 Å². The quantitative estimate of drug-likeness (QED) is 0.311. The summed E-state index contributed by atoms with van der Waals surface area (Å²) in [5, 5.41) is 35.2. The summed E-state index contributed by atoms with van der Waals surface area (Å²) in [6.07, 6.45) is 10.6. The number of rotatable bonds is 12. The van der Waals surface area contributed by atoms with Crippen molar-refractivity contribution in [1.29, 1.82) is 0 Å². The summed E-state index contributed by atoms with van der Waals surface area (Å²) in [6.45, 7) is 4.71. The number of nitrogens with zero attached hydrogens (tertiary/aromatic N) is 1. The van der Waals surface area contributed by atoms with E-state index >= 15 is 0 Å². The molecule has 0 bridgehead atoms. The molecule has 0 aromatic carbocycles. The van der Waals surface area contributed by atoms with Crippen LogP contribution in [0.1, 0.15) is 168 Å². The van der Waals surface area contributed by atoms with E-state index in [-0.39, 0.29) is 30.2 Å². The summed E-state index contributed by atoms with van der Waals surface area (Å²) in [6, 6.07) is 0.191. The number of aromatic nitrogens is 1. The van der Waals surface area contributed by atoms with Crippen LogP contribution >= 0.6 is 0 Å². The van der Waals surface area contributed by atoms with Crippen LogP contribution in [0.2, 0.25) is 0 Å². The average Bonchev–Trinajstić information content (AvgIpc) is 3.28. The topological polar surface area (TPSA) is 115 Å². The summed E-state index contributed by atoms with van der Waals surface area (Å²) in [7, 11) is 0. The predicted molar refractivity (Wildman–Crippen MR) is 156 cm³/mol. The number of hydrogen-bond acceptors (Lipinski definition) is 5. The van der Waals surface area contributed by atoms with Gasteiger partial charge in [-0.2, -0.15) is 0 Å². The Hall–Kier alpha value is -1.93. The normalized spacial score (nSPS) is 24.3. The number of aliphatic hydroxyl groups excluding tert-OH is 2. The fourth-order valence-corrected chi connectivity index (χ4v) is 7.82. The Kier molecular flexibility index (Phi) is 11.7. The van der Waals surface area contributed by atoms with E-state index in [0.717, 1.165) is 75.5 Å². The van der Waals surface area contributed by atoms with Gasteiger partial charge in [0.05, 0.1) is 17.8 Å². The van der Waals surface area contributed by atoms with Gasteiger partial charge in [0.1, 0.15) is 6.17 Å². The van der Waals surface area contributed by atoms with Crippen LogP contribution in [0, 0.1) is 0 Å². The maximum absolute atomic E-state index is 14.3. The molecular formula is C33H52FN2O5-. The zero-order valence-corrected chi connectivity index (χ0v) is 25.2. The Labute approximate surface area is 245 Å². The van der Waals surface area contributed by atoms with E-state index in [1.807, 2.05) is 0 Å². The Morgan fingerprint density at radius 2 is 1.51 bits per heavy atom. The molecule has 1 aromatic heterocycles. The Balaban J connectivity index is 1.75. The number of alkyl halides is 1. The third-order valence-electron chi connectivity index (χ3n) is 9.79. The van der Waals surface area contributed by atoms with E-state index in [4.69, 9.17) is 0 Å². The van der Waals surface area contributed by atoms with Gasteiger partial charge in [-0.15, -0.1) is 0 Å². The number of halogens is 1. The van der Waals surface area contributed by atoms with Crippen LogP contribution in [0.15, 0.2) is 0 Å². The minimum Gasteiger partial charge on any atom is -0.550 e. The fourth-order valence-electron chi connectivity index (χ4n) is 7.82. The highest BCUT2D eigenvalue weighted by Gasteiger charge is 2.37. The van der Waals surface area contributed by atoms with Gasteiger partial charge in [-0.25, -0.2) is 4.39 Å². The molecule has 8 heteroatoms. The summed E-state index contributed by atoms with van der Waals surface area (Å²) >= 11 is 0. The lowest BCUT2D eigenvalue weighted by molar-refractivity contribution is -0.307. The molecule has 232 valence electrons. The zero-order chi connectivity index (χ0) is 29.5. The molecule has 41 heavy (non-hydrogen) atoms. The number of carboxylic acids is 1. The van der Waals surface area contributed by atoms with Gasteiger partial charge >= 0.3 is 0 Å². The first-order valence-electron chi connectivity index (χ1n) is 16.4. The number of carbonyl (C=O) groups excluding carboxylic acids is 2. The molecule has 4 rings (SSSR count). The van der Waals surface area contributed by atoms with Crippen molar-refractivity contribution in [2.24, 2.45) is 0 Å². The smallest absolute Gasteiger partial charge is 0.253 e. The van der Waals surface area contributed by atoms with Crippen molar-refractivity contribution in [1.82, 2.24) is 9.88 Å². The number of carboxylic acid groups (broad SMARTS) is 1. The monoisotopic (exact) mass is 575 g/mol. The van der Waals surface area contributed by atoms with Gasteiger partial charge < -0.3 is 30.0 Å². The van der Waals surface area contributed by atoms with Crippen molar-refractivity contribution in [3.63, 3.8) is 0 Å². The highest BCUT2D eigenvalue weighted by atomic mass is 19.1. The number of aliphatic carboxylic acids is 1. The molecule has 1 amide bonds. The van der Waals surface area contributed by atoms with Crippen LogP contribution in [-0.2, 0) is 11.3 Å². The van der Waals surface area contributed by atoms with Gasteiger partial charge in [0.2, 0.25) is 0 Å². The van der Waals surface area contributed by atoms with Crippen molar-refractivity contribution in [2.45, 2.75) is 172 Å². The Bertz CT molecular complexity index is 1000. The zero-order valence-electron chi connectivity index (χ0n) is 25.2. The van der Waals surface area contributed by atoms with Crippen molar-refractivity contribution >= 4 is 11.9 Å². The van der Waals surface area contributed by atoms with Crippen molar-refractivity contribution in [2.75, 3.05) is 0 Å². The number of hydrogen-bond donors (Lipinski definition) is 3. The number of carbonyl (C=O) groups is 2. The van der Waals surface area contributed by atoms with Gasteiger partial charge in [-0.1, -0.05) is 52.4 Å². The van der Waals surface area contributed by atoms with Gasteiger partial charge in [-0.3, -0.25) is 4.79 Å². The fraction of sp³-hybridized carbons (Fsp3) is 0.818. The lowest BCUT2D eigenvalue weighted by Gasteiger charge is -2.31. The van der Waals surface area contributed by atoms with Crippen LogP contribution in [0.5, 0.6) is 0 Å². The standard InChI is InChI=1S/C33H53FN2O5/c1-21(2)31-30(33(41)35-25-11-7-4-8-12-25)29(22-9-5-3-6-10-22)32(23-13-15-24(34)16-14-23)36(31)18-17-26(37)19-27(38)20-28(39)40/h21-27,37-38H,3-20H2,1-2H3,(H,35,41)(H,39,40)/p-1/t23?,24?,26-,27-/m1/s1. The maximum atomic E-state index is 14.3. The molecule has 2 atom stereocenters. The summed E-state index contributed by atoms with van der Waals surface area (Å²) in [4.78, 5) is 25.2. The lowest BCUT2D eigenvalue weighted by atomic mass is 9.77. The molecule has 3 fully saturated rings. The number of amides is 1. The molecule has 3 aliphatic carbocycles. The minimum absolute atomic E-state index is 0.0188. The Morgan fingerprint density at radius 3 is 2.10 bits per heavy atom. The summed E-state index contributed by atoms with van der Waals surface area (Å²) in [5.74, 6) is -0.800. The van der Waals surface area contributed by atoms with Gasteiger partial charge in [0, 0.05) is 36.4 Å². The lowest BCUT2D eigenvalue weighted by Crippen LogP contribution is -2.37. The molecule has 7 nitrogen and oxygen atoms in total.